The maximum Gasteiger partial charge on any atom is 0.191 e. The smallest absolute Gasteiger partial charge is 0.191 e. The molecule has 1 aromatic rings. The third kappa shape index (κ3) is 5.23. The molecule has 0 amide bonds. The average Bonchev–Trinajstić information content (AvgIpc) is 3.42. The standard InChI is InChI=1S/C20H28ClN3O/c1-2-22-19(23-11-6-16-7-12-25-13-8-16)24-15-20(9-10-20)17-4-3-5-18(21)14-17/h3-5,7,14H,2,6,8-13,15H2,1H3,(H2,22,23,24). The number of rotatable bonds is 7. The molecule has 1 fully saturated rings. The van der Waals surface area contributed by atoms with Crippen molar-refractivity contribution in [2.75, 3.05) is 32.8 Å². The van der Waals surface area contributed by atoms with Gasteiger partial charge in [-0.25, -0.2) is 0 Å². The van der Waals surface area contributed by atoms with Crippen LogP contribution in [0.5, 0.6) is 0 Å². The number of guanidine groups is 1. The summed E-state index contributed by atoms with van der Waals surface area (Å²) in [4.78, 5) is 4.84. The number of hydrogen-bond donors (Lipinski definition) is 2. The lowest BCUT2D eigenvalue weighted by Crippen LogP contribution is -2.38. The minimum Gasteiger partial charge on any atom is -0.377 e. The van der Waals surface area contributed by atoms with Gasteiger partial charge in [-0.1, -0.05) is 35.4 Å². The Hall–Kier alpha value is -1.52. The fourth-order valence-electron chi connectivity index (χ4n) is 3.21. The van der Waals surface area contributed by atoms with Crippen LogP contribution < -0.4 is 10.6 Å². The van der Waals surface area contributed by atoms with E-state index in [-0.39, 0.29) is 5.41 Å². The van der Waals surface area contributed by atoms with E-state index in [0.29, 0.717) is 0 Å². The number of ether oxygens (including phenoxy) is 1. The second-order valence-electron chi connectivity index (χ2n) is 6.85. The molecule has 0 bridgehead atoms. The Labute approximate surface area is 155 Å². The molecule has 5 heteroatoms. The van der Waals surface area contributed by atoms with Crippen molar-refractivity contribution in [1.29, 1.82) is 0 Å². The molecule has 4 nitrogen and oxygen atoms in total. The molecule has 3 rings (SSSR count). The van der Waals surface area contributed by atoms with Crippen LogP contribution in [0, 0.1) is 0 Å². The third-order valence-corrected chi connectivity index (χ3v) is 5.21. The van der Waals surface area contributed by atoms with Gasteiger partial charge in [0.2, 0.25) is 0 Å². The van der Waals surface area contributed by atoms with Gasteiger partial charge in [0.1, 0.15) is 0 Å². The number of hydrogen-bond acceptors (Lipinski definition) is 2. The minimum atomic E-state index is 0.177. The average molecular weight is 362 g/mol. The second-order valence-corrected chi connectivity index (χ2v) is 7.29. The lowest BCUT2D eigenvalue weighted by atomic mass is 9.96. The zero-order chi connectivity index (χ0) is 17.5. The number of halogens is 1. The maximum absolute atomic E-state index is 6.16. The van der Waals surface area contributed by atoms with Crippen LogP contribution in [-0.2, 0) is 10.2 Å². The molecule has 0 atom stereocenters. The highest BCUT2D eigenvalue weighted by Crippen LogP contribution is 2.48. The van der Waals surface area contributed by atoms with E-state index in [1.165, 1.54) is 24.0 Å². The molecule has 0 radical (unpaired) electrons. The molecule has 1 saturated carbocycles. The first-order valence-corrected chi connectivity index (χ1v) is 9.63. The van der Waals surface area contributed by atoms with Gasteiger partial charge in [-0.3, -0.25) is 4.99 Å². The predicted octanol–water partition coefficient (Wildman–Crippen LogP) is 3.66. The first-order valence-electron chi connectivity index (χ1n) is 9.26. The van der Waals surface area contributed by atoms with Crippen molar-refractivity contribution in [3.63, 3.8) is 0 Å². The molecular weight excluding hydrogens is 334 g/mol. The van der Waals surface area contributed by atoms with E-state index in [1.807, 2.05) is 12.1 Å². The molecule has 0 saturated heterocycles. The topological polar surface area (TPSA) is 45.7 Å². The summed E-state index contributed by atoms with van der Waals surface area (Å²) in [5.74, 6) is 0.906. The molecule has 0 aromatic heterocycles. The monoisotopic (exact) mass is 361 g/mol. The molecule has 2 aliphatic rings. The van der Waals surface area contributed by atoms with Gasteiger partial charge in [0.05, 0.1) is 19.8 Å². The largest absolute Gasteiger partial charge is 0.377 e. The molecule has 0 unspecified atom stereocenters. The minimum absolute atomic E-state index is 0.177. The zero-order valence-electron chi connectivity index (χ0n) is 15.0. The van der Waals surface area contributed by atoms with Crippen molar-refractivity contribution in [2.45, 2.75) is 38.0 Å². The third-order valence-electron chi connectivity index (χ3n) is 4.97. The molecular formula is C20H28ClN3O. The van der Waals surface area contributed by atoms with Gasteiger partial charge < -0.3 is 15.4 Å². The van der Waals surface area contributed by atoms with E-state index in [1.54, 1.807) is 0 Å². The van der Waals surface area contributed by atoms with E-state index < -0.39 is 0 Å². The summed E-state index contributed by atoms with van der Waals surface area (Å²) in [5.41, 5.74) is 2.97. The first-order chi connectivity index (χ1) is 12.2. The van der Waals surface area contributed by atoms with Crippen LogP contribution in [0.1, 0.15) is 38.2 Å². The Kier molecular flexibility index (Phi) is 6.38. The van der Waals surface area contributed by atoms with Crippen molar-refractivity contribution >= 4 is 17.6 Å². The van der Waals surface area contributed by atoms with Crippen LogP contribution in [-0.4, -0.2) is 38.8 Å². The van der Waals surface area contributed by atoms with E-state index in [2.05, 4.69) is 35.8 Å². The summed E-state index contributed by atoms with van der Waals surface area (Å²) in [7, 11) is 0. The number of aliphatic imine (C=N–C) groups is 1. The summed E-state index contributed by atoms with van der Waals surface area (Å²) < 4.78 is 5.36. The van der Waals surface area contributed by atoms with Crippen LogP contribution in [0.2, 0.25) is 5.02 Å². The van der Waals surface area contributed by atoms with Crippen molar-refractivity contribution in [2.24, 2.45) is 4.99 Å². The van der Waals surface area contributed by atoms with Crippen LogP contribution in [0.15, 0.2) is 40.9 Å². The fourth-order valence-corrected chi connectivity index (χ4v) is 3.40. The van der Waals surface area contributed by atoms with Crippen LogP contribution >= 0.6 is 11.6 Å². The number of benzene rings is 1. The second kappa shape index (κ2) is 8.72. The van der Waals surface area contributed by atoms with Gasteiger partial charge in [0, 0.05) is 23.5 Å². The first kappa shape index (κ1) is 18.3. The Morgan fingerprint density at radius 2 is 2.20 bits per heavy atom. The van der Waals surface area contributed by atoms with Crippen LogP contribution in [0.25, 0.3) is 0 Å². The molecule has 1 aliphatic carbocycles. The van der Waals surface area contributed by atoms with Crippen molar-refractivity contribution < 1.29 is 4.74 Å². The number of nitrogens with zero attached hydrogens (tertiary/aromatic N) is 1. The molecule has 25 heavy (non-hydrogen) atoms. The molecule has 136 valence electrons. The van der Waals surface area contributed by atoms with Crippen molar-refractivity contribution in [3.05, 3.63) is 46.5 Å². The van der Waals surface area contributed by atoms with Gasteiger partial charge in [-0.2, -0.15) is 0 Å². The molecule has 1 aromatic carbocycles. The van der Waals surface area contributed by atoms with Crippen molar-refractivity contribution in [1.82, 2.24) is 10.6 Å². The van der Waals surface area contributed by atoms with Gasteiger partial charge in [-0.05, 0) is 50.3 Å². The predicted molar refractivity (Wildman–Crippen MR) is 104 cm³/mol. The fraction of sp³-hybridized carbons (Fsp3) is 0.550. The normalized spacial score (nSPS) is 19.3. The lowest BCUT2D eigenvalue weighted by molar-refractivity contribution is 0.153. The highest BCUT2D eigenvalue weighted by atomic mass is 35.5. The van der Waals surface area contributed by atoms with Crippen LogP contribution in [0.4, 0.5) is 0 Å². The van der Waals surface area contributed by atoms with E-state index >= 15 is 0 Å². The summed E-state index contributed by atoms with van der Waals surface area (Å²) in [5, 5.41) is 7.62. The summed E-state index contributed by atoms with van der Waals surface area (Å²) in [6.07, 6.45) is 6.67. The molecule has 0 spiro atoms. The van der Waals surface area contributed by atoms with Gasteiger partial charge in [0.25, 0.3) is 0 Å². The Morgan fingerprint density at radius 3 is 2.88 bits per heavy atom. The highest BCUT2D eigenvalue weighted by molar-refractivity contribution is 6.30. The Balaban J connectivity index is 1.55. The van der Waals surface area contributed by atoms with Gasteiger partial charge >= 0.3 is 0 Å². The quantitative estimate of drug-likeness (QED) is 0.442. The van der Waals surface area contributed by atoms with Crippen LogP contribution in [0.3, 0.4) is 0 Å². The van der Waals surface area contributed by atoms with E-state index in [0.717, 1.165) is 56.7 Å². The molecule has 2 N–H and O–H groups in total. The maximum atomic E-state index is 6.16. The number of nitrogens with one attached hydrogen (secondary N) is 2. The molecule has 1 aliphatic heterocycles. The Bertz CT molecular complexity index is 638. The van der Waals surface area contributed by atoms with Gasteiger partial charge in [-0.15, -0.1) is 0 Å². The van der Waals surface area contributed by atoms with Crippen molar-refractivity contribution in [3.8, 4) is 0 Å². The summed E-state index contributed by atoms with van der Waals surface area (Å²) in [6.45, 7) is 6.28. The summed E-state index contributed by atoms with van der Waals surface area (Å²) >= 11 is 6.16. The SMILES string of the molecule is CCNC(=NCC1(c2cccc(Cl)c2)CC1)NCCC1=CCOCC1. The lowest BCUT2D eigenvalue weighted by Gasteiger charge is -2.17. The van der Waals surface area contributed by atoms with E-state index in [4.69, 9.17) is 21.3 Å². The highest BCUT2D eigenvalue weighted by Gasteiger charge is 2.44. The van der Waals surface area contributed by atoms with E-state index in [9.17, 15) is 0 Å². The Morgan fingerprint density at radius 1 is 1.32 bits per heavy atom. The van der Waals surface area contributed by atoms with Gasteiger partial charge in [0.15, 0.2) is 5.96 Å². The molecule has 1 heterocycles. The zero-order valence-corrected chi connectivity index (χ0v) is 15.7. The summed E-state index contributed by atoms with van der Waals surface area (Å²) in [6, 6.07) is 8.22.